The zero-order valence-corrected chi connectivity index (χ0v) is 16.6. The van der Waals surface area contributed by atoms with Crippen LogP contribution in [0, 0.1) is 16.7 Å². The molecular formula is C20H24N6OS. The Bertz CT molecular complexity index is 847. The van der Waals surface area contributed by atoms with E-state index in [0.29, 0.717) is 18.0 Å². The Labute approximate surface area is 169 Å². The highest BCUT2D eigenvalue weighted by atomic mass is 32.1. The van der Waals surface area contributed by atoms with Crippen LogP contribution in [0.1, 0.15) is 31.4 Å². The first-order valence-electron chi connectivity index (χ1n) is 9.74. The van der Waals surface area contributed by atoms with Gasteiger partial charge in [0.05, 0.1) is 11.8 Å². The fourth-order valence-electron chi connectivity index (χ4n) is 3.93. The molecule has 0 bridgehead atoms. The molecule has 0 unspecified atom stereocenters. The van der Waals surface area contributed by atoms with E-state index in [2.05, 4.69) is 31.2 Å². The van der Waals surface area contributed by atoms with Crippen LogP contribution in [0.15, 0.2) is 29.8 Å². The van der Waals surface area contributed by atoms with Gasteiger partial charge in [0.25, 0.3) is 0 Å². The minimum Gasteiger partial charge on any atom is -0.354 e. The molecule has 0 radical (unpaired) electrons. The third-order valence-electron chi connectivity index (χ3n) is 5.61. The number of carbonyl (C=O) groups is 1. The number of nitrogens with zero attached hydrogens (tertiary/aromatic N) is 5. The minimum atomic E-state index is -0.867. The average molecular weight is 397 g/mol. The number of carbonyl (C=O) groups excluding carboxylic acids is 1. The molecule has 2 fully saturated rings. The first-order valence-corrected chi connectivity index (χ1v) is 10.6. The van der Waals surface area contributed by atoms with Gasteiger partial charge in [-0.15, -0.1) is 11.3 Å². The molecule has 2 aromatic rings. The Kier molecular flexibility index (Phi) is 5.55. The lowest BCUT2D eigenvalue weighted by atomic mass is 9.87. The lowest BCUT2D eigenvalue weighted by molar-refractivity contribution is -0.122. The van der Waals surface area contributed by atoms with Crippen LogP contribution in [0.25, 0.3) is 0 Å². The zero-order valence-electron chi connectivity index (χ0n) is 15.8. The van der Waals surface area contributed by atoms with Crippen LogP contribution in [-0.2, 0) is 11.3 Å². The van der Waals surface area contributed by atoms with Gasteiger partial charge in [0, 0.05) is 44.3 Å². The maximum atomic E-state index is 12.5. The summed E-state index contributed by atoms with van der Waals surface area (Å²) in [6, 6.07) is 8.23. The number of aromatic nitrogens is 2. The Morgan fingerprint density at radius 2 is 2.04 bits per heavy atom. The van der Waals surface area contributed by atoms with Gasteiger partial charge < -0.3 is 10.2 Å². The van der Waals surface area contributed by atoms with Gasteiger partial charge in [0.15, 0.2) is 5.13 Å². The van der Waals surface area contributed by atoms with Crippen molar-refractivity contribution in [2.45, 2.75) is 32.2 Å². The van der Waals surface area contributed by atoms with E-state index in [4.69, 9.17) is 0 Å². The van der Waals surface area contributed by atoms with Crippen molar-refractivity contribution in [3.05, 3.63) is 35.5 Å². The van der Waals surface area contributed by atoms with E-state index in [9.17, 15) is 10.1 Å². The van der Waals surface area contributed by atoms with Gasteiger partial charge in [-0.3, -0.25) is 9.69 Å². The van der Waals surface area contributed by atoms with Crippen LogP contribution < -0.4 is 10.2 Å². The third-order valence-corrected chi connectivity index (χ3v) is 6.42. The SMILES string of the molecule is N#CC1(C(=O)Nc2nc(CN3CCN(c4ccccn4)CC3)cs2)CCCC1. The molecule has 28 heavy (non-hydrogen) atoms. The number of thiazole rings is 1. The number of hydrogen-bond donors (Lipinski definition) is 1. The van der Waals surface area contributed by atoms with Gasteiger partial charge in [-0.05, 0) is 25.0 Å². The summed E-state index contributed by atoms with van der Waals surface area (Å²) in [6.07, 6.45) is 5.00. The van der Waals surface area contributed by atoms with Crippen molar-refractivity contribution in [2.75, 3.05) is 36.4 Å². The summed E-state index contributed by atoms with van der Waals surface area (Å²) < 4.78 is 0. The quantitative estimate of drug-likeness (QED) is 0.836. The molecule has 1 N–H and O–H groups in total. The first kappa shape index (κ1) is 18.8. The molecule has 3 heterocycles. The number of anilines is 2. The second kappa shape index (κ2) is 8.25. The molecule has 2 aromatic heterocycles. The highest BCUT2D eigenvalue weighted by Crippen LogP contribution is 2.38. The number of piperazine rings is 1. The van der Waals surface area contributed by atoms with Crippen molar-refractivity contribution in [3.63, 3.8) is 0 Å². The number of pyridine rings is 1. The van der Waals surface area contributed by atoms with E-state index in [0.717, 1.165) is 57.1 Å². The van der Waals surface area contributed by atoms with E-state index >= 15 is 0 Å². The molecular weight excluding hydrogens is 372 g/mol. The van der Waals surface area contributed by atoms with Gasteiger partial charge in [-0.1, -0.05) is 18.9 Å². The summed E-state index contributed by atoms with van der Waals surface area (Å²) in [4.78, 5) is 26.2. The van der Waals surface area contributed by atoms with Gasteiger partial charge in [-0.2, -0.15) is 5.26 Å². The van der Waals surface area contributed by atoms with Crippen LogP contribution in [0.4, 0.5) is 10.9 Å². The molecule has 7 nitrogen and oxygen atoms in total. The Balaban J connectivity index is 1.30. The van der Waals surface area contributed by atoms with Gasteiger partial charge in [0.2, 0.25) is 5.91 Å². The molecule has 1 saturated carbocycles. The third kappa shape index (κ3) is 4.01. The van der Waals surface area contributed by atoms with Gasteiger partial charge in [-0.25, -0.2) is 9.97 Å². The second-order valence-corrected chi connectivity index (χ2v) is 8.31. The predicted octanol–water partition coefficient (Wildman–Crippen LogP) is 2.88. The number of hydrogen-bond acceptors (Lipinski definition) is 7. The van der Waals surface area contributed by atoms with E-state index < -0.39 is 5.41 Å². The van der Waals surface area contributed by atoms with Gasteiger partial charge in [0.1, 0.15) is 11.2 Å². The Hall–Kier alpha value is -2.50. The molecule has 1 saturated heterocycles. The largest absolute Gasteiger partial charge is 0.354 e. The zero-order chi connectivity index (χ0) is 19.4. The average Bonchev–Trinajstić information content (AvgIpc) is 3.39. The molecule has 1 aliphatic heterocycles. The topological polar surface area (TPSA) is 85.1 Å². The minimum absolute atomic E-state index is 0.197. The maximum Gasteiger partial charge on any atom is 0.246 e. The van der Waals surface area contributed by atoms with Crippen molar-refractivity contribution in [2.24, 2.45) is 5.41 Å². The number of amides is 1. The summed E-state index contributed by atoms with van der Waals surface area (Å²) in [7, 11) is 0. The predicted molar refractivity (Wildman–Crippen MR) is 109 cm³/mol. The van der Waals surface area contributed by atoms with Crippen molar-refractivity contribution in [1.29, 1.82) is 5.26 Å². The molecule has 8 heteroatoms. The monoisotopic (exact) mass is 396 g/mol. The first-order chi connectivity index (χ1) is 13.7. The second-order valence-electron chi connectivity index (χ2n) is 7.45. The van der Waals surface area contributed by atoms with Crippen LogP contribution in [0.5, 0.6) is 0 Å². The van der Waals surface area contributed by atoms with E-state index in [1.165, 1.54) is 11.3 Å². The molecule has 146 valence electrons. The van der Waals surface area contributed by atoms with Crippen molar-refractivity contribution in [1.82, 2.24) is 14.9 Å². The highest BCUT2D eigenvalue weighted by Gasteiger charge is 2.41. The lowest BCUT2D eigenvalue weighted by Gasteiger charge is -2.35. The Morgan fingerprint density at radius 1 is 1.25 bits per heavy atom. The number of nitrogens with one attached hydrogen (secondary N) is 1. The summed E-state index contributed by atoms with van der Waals surface area (Å²) in [5.74, 6) is 0.830. The van der Waals surface area contributed by atoms with Crippen molar-refractivity contribution in [3.8, 4) is 6.07 Å². The maximum absolute atomic E-state index is 12.5. The molecule has 0 atom stereocenters. The van der Waals surface area contributed by atoms with Gasteiger partial charge >= 0.3 is 0 Å². The molecule has 4 rings (SSSR count). The molecule has 1 amide bonds. The molecule has 1 aliphatic carbocycles. The van der Waals surface area contributed by atoms with E-state index in [1.807, 2.05) is 29.8 Å². The fraction of sp³-hybridized carbons (Fsp3) is 0.500. The highest BCUT2D eigenvalue weighted by molar-refractivity contribution is 7.13. The summed E-state index contributed by atoms with van der Waals surface area (Å²) in [6.45, 7) is 4.55. The van der Waals surface area contributed by atoms with Crippen LogP contribution in [0.2, 0.25) is 0 Å². The normalized spacial score (nSPS) is 19.3. The number of rotatable bonds is 5. The molecule has 0 aromatic carbocycles. The summed E-state index contributed by atoms with van der Waals surface area (Å²) >= 11 is 1.43. The van der Waals surface area contributed by atoms with E-state index in [1.54, 1.807) is 0 Å². The smallest absolute Gasteiger partial charge is 0.246 e. The van der Waals surface area contributed by atoms with Crippen molar-refractivity contribution >= 4 is 28.2 Å². The van der Waals surface area contributed by atoms with Crippen molar-refractivity contribution < 1.29 is 4.79 Å². The molecule has 0 spiro atoms. The van der Waals surface area contributed by atoms with Crippen LogP contribution in [-0.4, -0.2) is 47.0 Å². The van der Waals surface area contributed by atoms with Crippen LogP contribution >= 0.6 is 11.3 Å². The van der Waals surface area contributed by atoms with Crippen LogP contribution in [0.3, 0.4) is 0 Å². The number of nitriles is 1. The van der Waals surface area contributed by atoms with E-state index in [-0.39, 0.29) is 5.91 Å². The Morgan fingerprint density at radius 3 is 2.71 bits per heavy atom. The summed E-state index contributed by atoms with van der Waals surface area (Å²) in [5, 5.41) is 14.9. The molecule has 2 aliphatic rings. The fourth-order valence-corrected chi connectivity index (χ4v) is 4.62. The summed E-state index contributed by atoms with van der Waals surface area (Å²) in [5.41, 5.74) is 0.0946. The lowest BCUT2D eigenvalue weighted by Crippen LogP contribution is -2.46. The standard InChI is InChI=1S/C20H24N6OS/c21-15-20(6-2-3-7-20)18(27)24-19-23-16(14-28-19)13-25-9-11-26(12-10-25)17-5-1-4-8-22-17/h1,4-5,8,14H,2-3,6-7,9-13H2,(H,23,24,27).